The summed E-state index contributed by atoms with van der Waals surface area (Å²) in [6.45, 7) is 12.4. The Morgan fingerprint density at radius 1 is 1.13 bits per heavy atom. The van der Waals surface area contributed by atoms with E-state index in [0.29, 0.717) is 0 Å². The summed E-state index contributed by atoms with van der Waals surface area (Å²) >= 11 is 0. The predicted molar refractivity (Wildman–Crippen MR) is 64.1 cm³/mol. The van der Waals surface area contributed by atoms with E-state index < -0.39 is 0 Å². The van der Waals surface area contributed by atoms with Crippen molar-refractivity contribution in [3.05, 3.63) is 0 Å². The summed E-state index contributed by atoms with van der Waals surface area (Å²) in [6.07, 6.45) is 1.16. The Morgan fingerprint density at radius 3 is 2.27 bits per heavy atom. The van der Waals surface area contributed by atoms with Gasteiger partial charge in [0, 0.05) is 30.7 Å². The summed E-state index contributed by atoms with van der Waals surface area (Å²) in [5.41, 5.74) is 0.420. The number of nitrogens with zero attached hydrogens (tertiary/aromatic N) is 2. The minimum atomic E-state index is 0.176. The maximum Gasteiger partial charge on any atom is 0.0558 e. The van der Waals surface area contributed by atoms with Gasteiger partial charge in [0.1, 0.15) is 0 Å². The molecule has 15 heavy (non-hydrogen) atoms. The predicted octanol–water partition coefficient (Wildman–Crippen LogP) is 1.17. The first kappa shape index (κ1) is 12.9. The van der Waals surface area contributed by atoms with E-state index in [1.54, 1.807) is 0 Å². The standard InChI is InChI=1S/C12H26N2O/c1-11(2)6-7-14(8-9-15)10-12(3,4)13(11)5/h15H,6-10H2,1-5H3. The largest absolute Gasteiger partial charge is 0.395 e. The Labute approximate surface area is 94.1 Å². The summed E-state index contributed by atoms with van der Waals surface area (Å²) in [5.74, 6) is 0. The fraction of sp³-hybridized carbons (Fsp3) is 1.00. The van der Waals surface area contributed by atoms with Crippen molar-refractivity contribution in [2.75, 3.05) is 33.3 Å². The molecule has 1 heterocycles. The molecular formula is C12H26N2O. The molecule has 3 nitrogen and oxygen atoms in total. The lowest BCUT2D eigenvalue weighted by Crippen LogP contribution is -2.54. The lowest BCUT2D eigenvalue weighted by atomic mass is 9.93. The topological polar surface area (TPSA) is 26.7 Å². The van der Waals surface area contributed by atoms with Crippen LogP contribution in [0.1, 0.15) is 34.1 Å². The first-order chi connectivity index (χ1) is 6.79. The summed E-state index contributed by atoms with van der Waals surface area (Å²) in [4.78, 5) is 4.84. The Kier molecular flexibility index (Phi) is 3.80. The molecular weight excluding hydrogens is 188 g/mol. The van der Waals surface area contributed by atoms with E-state index in [1.807, 2.05) is 0 Å². The van der Waals surface area contributed by atoms with Crippen LogP contribution >= 0.6 is 0 Å². The van der Waals surface area contributed by atoms with Crippen LogP contribution in [-0.2, 0) is 0 Å². The number of aliphatic hydroxyl groups is 1. The van der Waals surface area contributed by atoms with Gasteiger partial charge < -0.3 is 5.11 Å². The van der Waals surface area contributed by atoms with Crippen molar-refractivity contribution in [3.8, 4) is 0 Å². The third-order valence-electron chi connectivity index (χ3n) is 3.88. The maximum atomic E-state index is 9.02. The molecule has 1 aliphatic heterocycles. The highest BCUT2D eigenvalue weighted by atomic mass is 16.3. The second kappa shape index (κ2) is 4.40. The highest BCUT2D eigenvalue weighted by Crippen LogP contribution is 2.30. The zero-order valence-corrected chi connectivity index (χ0v) is 10.9. The van der Waals surface area contributed by atoms with Crippen LogP contribution in [0.4, 0.5) is 0 Å². The van der Waals surface area contributed by atoms with Crippen LogP contribution in [-0.4, -0.2) is 59.3 Å². The van der Waals surface area contributed by atoms with Gasteiger partial charge >= 0.3 is 0 Å². The van der Waals surface area contributed by atoms with E-state index in [9.17, 15) is 0 Å². The molecule has 0 radical (unpaired) electrons. The molecule has 1 N–H and O–H groups in total. The molecule has 0 spiro atoms. The second-order valence-corrected chi connectivity index (χ2v) is 5.93. The Hall–Kier alpha value is -0.120. The lowest BCUT2D eigenvalue weighted by molar-refractivity contribution is 0.0482. The van der Waals surface area contributed by atoms with Crippen molar-refractivity contribution in [2.45, 2.75) is 45.2 Å². The van der Waals surface area contributed by atoms with E-state index in [-0.39, 0.29) is 17.7 Å². The first-order valence-electron chi connectivity index (χ1n) is 5.87. The van der Waals surface area contributed by atoms with E-state index in [0.717, 1.165) is 26.1 Å². The van der Waals surface area contributed by atoms with Crippen molar-refractivity contribution in [2.24, 2.45) is 0 Å². The monoisotopic (exact) mass is 214 g/mol. The van der Waals surface area contributed by atoms with Gasteiger partial charge in [0.05, 0.1) is 6.61 Å². The summed E-state index contributed by atoms with van der Waals surface area (Å²) < 4.78 is 0. The Balaban J connectivity index is 2.79. The molecule has 0 bridgehead atoms. The number of aliphatic hydroxyl groups excluding tert-OH is 1. The van der Waals surface area contributed by atoms with E-state index >= 15 is 0 Å². The molecule has 1 aliphatic rings. The molecule has 1 rings (SSSR count). The smallest absolute Gasteiger partial charge is 0.0558 e. The SMILES string of the molecule is CN1C(C)(C)CCN(CCO)CC1(C)C. The summed E-state index contributed by atoms with van der Waals surface area (Å²) in [7, 11) is 2.21. The third kappa shape index (κ3) is 2.92. The normalized spacial score (nSPS) is 27.6. The zero-order chi connectivity index (χ0) is 11.7. The molecule has 0 amide bonds. The Bertz CT molecular complexity index is 214. The minimum absolute atomic E-state index is 0.176. The number of β-amino-alcohol motifs (C(OH)–C–C–N with tert-alkyl or cyclic N) is 1. The van der Waals surface area contributed by atoms with Gasteiger partial charge in [0.25, 0.3) is 0 Å². The van der Waals surface area contributed by atoms with Crippen molar-refractivity contribution < 1.29 is 5.11 Å². The summed E-state index contributed by atoms with van der Waals surface area (Å²) in [6, 6.07) is 0. The average Bonchev–Trinajstić information content (AvgIpc) is 2.18. The van der Waals surface area contributed by atoms with Gasteiger partial charge in [-0.3, -0.25) is 9.80 Å². The quantitative estimate of drug-likeness (QED) is 0.747. The van der Waals surface area contributed by atoms with E-state index in [1.165, 1.54) is 0 Å². The van der Waals surface area contributed by atoms with Gasteiger partial charge in [-0.1, -0.05) is 0 Å². The van der Waals surface area contributed by atoms with Crippen molar-refractivity contribution in [3.63, 3.8) is 0 Å². The number of hydrogen-bond donors (Lipinski definition) is 1. The molecule has 0 aromatic rings. The van der Waals surface area contributed by atoms with Crippen molar-refractivity contribution in [1.82, 2.24) is 9.80 Å². The fourth-order valence-electron chi connectivity index (χ4n) is 2.48. The third-order valence-corrected chi connectivity index (χ3v) is 3.88. The molecule has 0 aromatic heterocycles. The van der Waals surface area contributed by atoms with Crippen LogP contribution in [0.3, 0.4) is 0 Å². The lowest BCUT2D eigenvalue weighted by Gasteiger charge is -2.44. The van der Waals surface area contributed by atoms with Crippen LogP contribution in [0.2, 0.25) is 0 Å². The van der Waals surface area contributed by atoms with Crippen LogP contribution in [0.15, 0.2) is 0 Å². The highest BCUT2D eigenvalue weighted by molar-refractivity contribution is 4.95. The Morgan fingerprint density at radius 2 is 1.73 bits per heavy atom. The molecule has 0 aliphatic carbocycles. The van der Waals surface area contributed by atoms with Crippen LogP contribution in [0.5, 0.6) is 0 Å². The van der Waals surface area contributed by atoms with Gasteiger partial charge in [-0.25, -0.2) is 0 Å². The zero-order valence-electron chi connectivity index (χ0n) is 10.9. The van der Waals surface area contributed by atoms with Crippen molar-refractivity contribution in [1.29, 1.82) is 0 Å². The number of hydrogen-bond acceptors (Lipinski definition) is 3. The molecule has 1 saturated heterocycles. The van der Waals surface area contributed by atoms with Crippen LogP contribution in [0.25, 0.3) is 0 Å². The minimum Gasteiger partial charge on any atom is -0.395 e. The highest BCUT2D eigenvalue weighted by Gasteiger charge is 2.38. The molecule has 0 atom stereocenters. The molecule has 0 saturated carbocycles. The number of likely N-dealkylation sites (N-methyl/N-ethyl adjacent to an activating group) is 1. The average molecular weight is 214 g/mol. The molecule has 0 aromatic carbocycles. The van der Waals surface area contributed by atoms with Gasteiger partial charge in [-0.05, 0) is 41.2 Å². The van der Waals surface area contributed by atoms with Crippen LogP contribution in [0, 0.1) is 0 Å². The van der Waals surface area contributed by atoms with E-state index in [4.69, 9.17) is 5.11 Å². The van der Waals surface area contributed by atoms with Crippen LogP contribution < -0.4 is 0 Å². The number of rotatable bonds is 2. The van der Waals surface area contributed by atoms with E-state index in [2.05, 4.69) is 44.5 Å². The van der Waals surface area contributed by atoms with Gasteiger partial charge in [0.15, 0.2) is 0 Å². The second-order valence-electron chi connectivity index (χ2n) is 5.93. The molecule has 90 valence electrons. The fourth-order valence-corrected chi connectivity index (χ4v) is 2.48. The first-order valence-corrected chi connectivity index (χ1v) is 5.87. The molecule has 0 unspecified atom stereocenters. The molecule has 3 heteroatoms. The van der Waals surface area contributed by atoms with Gasteiger partial charge in [-0.15, -0.1) is 0 Å². The molecule has 1 fully saturated rings. The van der Waals surface area contributed by atoms with Gasteiger partial charge in [0.2, 0.25) is 0 Å². The maximum absolute atomic E-state index is 9.02. The van der Waals surface area contributed by atoms with Gasteiger partial charge in [-0.2, -0.15) is 0 Å². The van der Waals surface area contributed by atoms with Crippen molar-refractivity contribution >= 4 is 0 Å². The summed E-state index contributed by atoms with van der Waals surface area (Å²) in [5, 5.41) is 9.02.